The molecule has 0 fully saturated rings. The van der Waals surface area contributed by atoms with E-state index in [9.17, 15) is 4.79 Å². The Bertz CT molecular complexity index is 566. The molecule has 18 heavy (non-hydrogen) atoms. The molecule has 2 N–H and O–H groups in total. The van der Waals surface area contributed by atoms with Gasteiger partial charge in [-0.3, -0.25) is 0 Å². The number of hydrogen-bond donors (Lipinski definition) is 1. The third kappa shape index (κ3) is 1.97. The molecule has 0 aliphatic rings. The minimum atomic E-state index is -0.657. The van der Waals surface area contributed by atoms with Gasteiger partial charge in [0.15, 0.2) is 11.3 Å². The molecule has 0 saturated heterocycles. The van der Waals surface area contributed by atoms with E-state index in [2.05, 4.69) is 14.7 Å². The molecule has 94 valence electrons. The normalized spacial score (nSPS) is 10.1. The number of hydrogen-bond acceptors (Lipinski definition) is 7. The lowest BCUT2D eigenvalue weighted by molar-refractivity contribution is 0.0597. The molecular formula is C11H11N3O4. The second-order valence-electron chi connectivity index (χ2n) is 3.29. The highest BCUT2D eigenvalue weighted by atomic mass is 16.5. The van der Waals surface area contributed by atoms with Crippen LogP contribution in [0.25, 0.3) is 11.6 Å². The summed E-state index contributed by atoms with van der Waals surface area (Å²) in [5, 5.41) is 0. The first-order chi connectivity index (χ1) is 8.67. The largest absolute Gasteiger partial charge is 0.480 e. The summed E-state index contributed by atoms with van der Waals surface area (Å²) in [5.74, 6) is 0.0228. The lowest BCUT2D eigenvalue weighted by Gasteiger charge is -2.09. The number of furan rings is 1. The van der Waals surface area contributed by atoms with Gasteiger partial charge >= 0.3 is 5.97 Å². The van der Waals surface area contributed by atoms with Gasteiger partial charge in [-0.15, -0.1) is 0 Å². The summed E-state index contributed by atoms with van der Waals surface area (Å²) in [5.41, 5.74) is 5.70. The maximum atomic E-state index is 11.5. The van der Waals surface area contributed by atoms with E-state index in [1.807, 2.05) is 0 Å². The molecule has 0 spiro atoms. The number of rotatable bonds is 3. The Morgan fingerprint density at radius 2 is 2.17 bits per heavy atom. The Labute approximate surface area is 103 Å². The zero-order chi connectivity index (χ0) is 13.1. The first-order valence-electron chi connectivity index (χ1n) is 5.01. The van der Waals surface area contributed by atoms with Crippen molar-refractivity contribution in [2.45, 2.75) is 0 Å². The number of nitrogen functional groups attached to an aromatic ring is 1. The first-order valence-corrected chi connectivity index (χ1v) is 5.01. The van der Waals surface area contributed by atoms with Gasteiger partial charge in [0.2, 0.25) is 11.7 Å². The van der Waals surface area contributed by atoms with Gasteiger partial charge < -0.3 is 19.6 Å². The number of carbonyl (C=O) groups is 1. The molecule has 0 aromatic carbocycles. The molecule has 2 rings (SSSR count). The summed E-state index contributed by atoms with van der Waals surface area (Å²) in [6.45, 7) is 0. The molecule has 2 heterocycles. The van der Waals surface area contributed by atoms with E-state index in [-0.39, 0.29) is 23.1 Å². The molecule has 0 atom stereocenters. The van der Waals surface area contributed by atoms with Crippen LogP contribution in [0.4, 0.5) is 5.82 Å². The van der Waals surface area contributed by atoms with E-state index in [4.69, 9.17) is 14.9 Å². The summed E-state index contributed by atoms with van der Waals surface area (Å²) in [6, 6.07) is 3.36. The summed E-state index contributed by atoms with van der Waals surface area (Å²) in [7, 11) is 2.61. The highest BCUT2D eigenvalue weighted by molar-refractivity contribution is 5.96. The van der Waals surface area contributed by atoms with Gasteiger partial charge in [0.1, 0.15) is 5.82 Å². The third-order valence-electron chi connectivity index (χ3n) is 2.23. The van der Waals surface area contributed by atoms with Crippen LogP contribution in [0, 0.1) is 0 Å². The SMILES string of the molecule is COC(=O)c1c(N)nc(-c2ccco2)nc1OC. The lowest BCUT2D eigenvalue weighted by atomic mass is 10.3. The van der Waals surface area contributed by atoms with Gasteiger partial charge in [0.05, 0.1) is 20.5 Å². The Balaban J connectivity index is 2.56. The monoisotopic (exact) mass is 249 g/mol. The van der Waals surface area contributed by atoms with Gasteiger partial charge in [-0.1, -0.05) is 0 Å². The number of ether oxygens (including phenoxy) is 2. The van der Waals surface area contributed by atoms with Crippen molar-refractivity contribution in [3.05, 3.63) is 24.0 Å². The fraction of sp³-hybridized carbons (Fsp3) is 0.182. The minimum absolute atomic E-state index is 0.00435. The predicted octanol–water partition coefficient (Wildman–Crippen LogP) is 1.11. The van der Waals surface area contributed by atoms with E-state index in [1.54, 1.807) is 12.1 Å². The van der Waals surface area contributed by atoms with Crippen molar-refractivity contribution >= 4 is 11.8 Å². The van der Waals surface area contributed by atoms with E-state index in [0.29, 0.717) is 5.76 Å². The highest BCUT2D eigenvalue weighted by Gasteiger charge is 2.22. The molecule has 0 aliphatic heterocycles. The second-order valence-corrected chi connectivity index (χ2v) is 3.29. The highest BCUT2D eigenvalue weighted by Crippen LogP contribution is 2.26. The predicted molar refractivity (Wildman–Crippen MR) is 62.0 cm³/mol. The Morgan fingerprint density at radius 3 is 2.72 bits per heavy atom. The van der Waals surface area contributed by atoms with Crippen molar-refractivity contribution in [1.29, 1.82) is 0 Å². The molecule has 7 nitrogen and oxygen atoms in total. The zero-order valence-electron chi connectivity index (χ0n) is 9.84. The average molecular weight is 249 g/mol. The van der Waals surface area contributed by atoms with Crippen LogP contribution in [-0.4, -0.2) is 30.2 Å². The number of nitrogens with zero attached hydrogens (tertiary/aromatic N) is 2. The number of anilines is 1. The van der Waals surface area contributed by atoms with Crippen LogP contribution in [0.5, 0.6) is 5.88 Å². The number of aromatic nitrogens is 2. The number of carbonyl (C=O) groups excluding carboxylic acids is 1. The Kier molecular flexibility index (Phi) is 3.13. The van der Waals surface area contributed by atoms with E-state index >= 15 is 0 Å². The summed E-state index contributed by atoms with van der Waals surface area (Å²) in [4.78, 5) is 19.6. The van der Waals surface area contributed by atoms with Gasteiger partial charge in [0.25, 0.3) is 0 Å². The van der Waals surface area contributed by atoms with Crippen molar-refractivity contribution in [3.8, 4) is 17.5 Å². The zero-order valence-corrected chi connectivity index (χ0v) is 9.84. The fourth-order valence-electron chi connectivity index (χ4n) is 1.41. The fourth-order valence-corrected chi connectivity index (χ4v) is 1.41. The van der Waals surface area contributed by atoms with Crippen LogP contribution < -0.4 is 10.5 Å². The molecule has 0 aliphatic carbocycles. The van der Waals surface area contributed by atoms with Crippen LogP contribution in [0.1, 0.15) is 10.4 Å². The van der Waals surface area contributed by atoms with Crippen molar-refractivity contribution in [3.63, 3.8) is 0 Å². The minimum Gasteiger partial charge on any atom is -0.480 e. The number of methoxy groups -OCH3 is 2. The molecule has 0 unspecified atom stereocenters. The van der Waals surface area contributed by atoms with Crippen molar-refractivity contribution < 1.29 is 18.7 Å². The van der Waals surface area contributed by atoms with Gasteiger partial charge in [-0.25, -0.2) is 9.78 Å². The van der Waals surface area contributed by atoms with E-state index < -0.39 is 5.97 Å². The Hall–Kier alpha value is -2.57. The average Bonchev–Trinajstić information content (AvgIpc) is 2.90. The van der Waals surface area contributed by atoms with Crippen LogP contribution in [0.3, 0.4) is 0 Å². The van der Waals surface area contributed by atoms with Gasteiger partial charge in [0, 0.05) is 0 Å². The summed E-state index contributed by atoms with van der Waals surface area (Å²) < 4.78 is 14.8. The van der Waals surface area contributed by atoms with Gasteiger partial charge in [-0.05, 0) is 12.1 Å². The Morgan fingerprint density at radius 1 is 1.39 bits per heavy atom. The summed E-state index contributed by atoms with van der Waals surface area (Å²) >= 11 is 0. The summed E-state index contributed by atoms with van der Waals surface area (Å²) in [6.07, 6.45) is 1.48. The molecule has 2 aromatic rings. The molecule has 2 aromatic heterocycles. The van der Waals surface area contributed by atoms with Crippen molar-refractivity contribution in [2.24, 2.45) is 0 Å². The van der Waals surface area contributed by atoms with Crippen LogP contribution in [0.15, 0.2) is 22.8 Å². The first kappa shape index (κ1) is 11.9. The smallest absolute Gasteiger partial charge is 0.347 e. The second kappa shape index (κ2) is 4.74. The molecule has 0 bridgehead atoms. The topological polar surface area (TPSA) is 100 Å². The van der Waals surface area contributed by atoms with E-state index in [1.165, 1.54) is 20.5 Å². The van der Waals surface area contributed by atoms with Gasteiger partial charge in [-0.2, -0.15) is 4.98 Å². The molecule has 0 amide bonds. The molecule has 7 heteroatoms. The van der Waals surface area contributed by atoms with Crippen molar-refractivity contribution in [2.75, 3.05) is 20.0 Å². The lowest BCUT2D eigenvalue weighted by Crippen LogP contribution is -2.12. The maximum Gasteiger partial charge on any atom is 0.347 e. The van der Waals surface area contributed by atoms with Crippen LogP contribution >= 0.6 is 0 Å². The standard InChI is InChI=1S/C11H11N3O4/c1-16-10-7(11(15)17-2)8(12)13-9(14-10)6-4-3-5-18-6/h3-5H,1-2H3,(H2,12,13,14). The number of nitrogens with two attached hydrogens (primary N) is 1. The van der Waals surface area contributed by atoms with Crippen molar-refractivity contribution in [1.82, 2.24) is 9.97 Å². The van der Waals surface area contributed by atoms with Crippen LogP contribution in [-0.2, 0) is 4.74 Å². The molecular weight excluding hydrogens is 238 g/mol. The van der Waals surface area contributed by atoms with E-state index in [0.717, 1.165) is 0 Å². The third-order valence-corrected chi connectivity index (χ3v) is 2.23. The maximum absolute atomic E-state index is 11.5. The number of esters is 1. The van der Waals surface area contributed by atoms with Crippen LogP contribution in [0.2, 0.25) is 0 Å². The molecule has 0 radical (unpaired) electrons. The molecule has 0 saturated carbocycles. The quantitative estimate of drug-likeness (QED) is 0.813.